The lowest BCUT2D eigenvalue weighted by Crippen LogP contribution is -1.97. The molecule has 0 aliphatic rings. The van der Waals surface area contributed by atoms with Gasteiger partial charge in [-0.25, -0.2) is 9.78 Å². The number of hydrogen-bond acceptors (Lipinski definition) is 3. The van der Waals surface area contributed by atoms with Crippen LogP contribution in [0, 0.1) is 11.8 Å². The molecule has 0 unspecified atom stereocenters. The Bertz CT molecular complexity index is 398. The van der Waals surface area contributed by atoms with Gasteiger partial charge in [0.1, 0.15) is 12.0 Å². The lowest BCUT2D eigenvalue weighted by Gasteiger charge is -1.92. The minimum Gasteiger partial charge on any atom is -0.478 e. The Hall–Kier alpha value is -2.15. The molecule has 0 fully saturated rings. The van der Waals surface area contributed by atoms with Crippen molar-refractivity contribution >= 4 is 12.3 Å². The number of hydrogen-bond donors (Lipinski definition) is 1. The van der Waals surface area contributed by atoms with E-state index in [0.717, 1.165) is 0 Å². The third-order valence-electron chi connectivity index (χ3n) is 1.41. The lowest BCUT2D eigenvalue weighted by molar-refractivity contribution is -0.107. The smallest absolute Gasteiger partial charge is 0.337 e. The van der Waals surface area contributed by atoms with Gasteiger partial charge in [-0.15, -0.1) is 0 Å². The number of pyridine rings is 1. The Kier molecular flexibility index (Phi) is 3.39. The van der Waals surface area contributed by atoms with Gasteiger partial charge in [0.15, 0.2) is 0 Å². The number of carboxylic acid groups (broad SMARTS) is 1. The van der Waals surface area contributed by atoms with Gasteiger partial charge >= 0.3 is 5.97 Å². The Labute approximate surface area is 80.6 Å². The van der Waals surface area contributed by atoms with Gasteiger partial charge in [-0.2, -0.15) is 0 Å². The van der Waals surface area contributed by atoms with Crippen molar-refractivity contribution in [2.24, 2.45) is 0 Å². The van der Waals surface area contributed by atoms with Gasteiger partial charge in [0, 0.05) is 6.20 Å². The van der Waals surface area contributed by atoms with Gasteiger partial charge < -0.3 is 9.90 Å². The van der Waals surface area contributed by atoms with Gasteiger partial charge in [-0.05, 0) is 18.1 Å². The van der Waals surface area contributed by atoms with Gasteiger partial charge in [-0.1, -0.05) is 5.92 Å². The molecule has 1 rings (SSSR count). The van der Waals surface area contributed by atoms with E-state index in [9.17, 15) is 9.59 Å². The maximum absolute atomic E-state index is 10.5. The molecule has 0 aliphatic heterocycles. The molecule has 0 amide bonds. The highest BCUT2D eigenvalue weighted by molar-refractivity contribution is 5.87. The molecule has 0 aromatic carbocycles. The summed E-state index contributed by atoms with van der Waals surface area (Å²) in [5.41, 5.74) is 0.572. The number of aldehydes is 1. The molecular formula is C10H7NO3. The molecule has 1 heterocycles. The Morgan fingerprint density at radius 1 is 1.57 bits per heavy atom. The second kappa shape index (κ2) is 4.77. The molecule has 0 spiro atoms. The van der Waals surface area contributed by atoms with E-state index in [1.54, 1.807) is 0 Å². The summed E-state index contributed by atoms with van der Waals surface area (Å²) in [7, 11) is 0. The third-order valence-corrected chi connectivity index (χ3v) is 1.41. The molecule has 14 heavy (non-hydrogen) atoms. The monoisotopic (exact) mass is 189 g/mol. The second-order valence-electron chi connectivity index (χ2n) is 2.41. The molecule has 4 nitrogen and oxygen atoms in total. The number of aromatic carboxylic acids is 1. The summed E-state index contributed by atoms with van der Waals surface area (Å²) in [4.78, 5) is 24.2. The van der Waals surface area contributed by atoms with Crippen molar-refractivity contribution in [3.05, 3.63) is 29.6 Å². The van der Waals surface area contributed by atoms with Crippen LogP contribution in [0.2, 0.25) is 0 Å². The fourth-order valence-corrected chi connectivity index (χ4v) is 0.778. The van der Waals surface area contributed by atoms with Crippen molar-refractivity contribution in [1.82, 2.24) is 4.98 Å². The first kappa shape index (κ1) is 9.93. The zero-order valence-electron chi connectivity index (χ0n) is 7.23. The van der Waals surface area contributed by atoms with Crippen LogP contribution in [-0.2, 0) is 4.79 Å². The molecule has 0 bridgehead atoms. The summed E-state index contributed by atoms with van der Waals surface area (Å²) in [6.07, 6.45) is 2.08. The molecular weight excluding hydrogens is 182 g/mol. The molecule has 0 aliphatic carbocycles. The van der Waals surface area contributed by atoms with Crippen LogP contribution < -0.4 is 0 Å². The fraction of sp³-hybridized carbons (Fsp3) is 0.100. The minimum absolute atomic E-state index is 0.117. The molecule has 70 valence electrons. The highest BCUT2D eigenvalue weighted by Crippen LogP contribution is 1.98. The maximum Gasteiger partial charge on any atom is 0.337 e. The number of carboxylic acids is 1. The molecule has 0 radical (unpaired) electrons. The summed E-state index contributed by atoms with van der Waals surface area (Å²) in [6.45, 7) is 0. The largest absolute Gasteiger partial charge is 0.478 e. The summed E-state index contributed by atoms with van der Waals surface area (Å²) in [5.74, 6) is 4.18. The van der Waals surface area contributed by atoms with E-state index in [4.69, 9.17) is 5.11 Å². The Morgan fingerprint density at radius 2 is 2.36 bits per heavy atom. The van der Waals surface area contributed by atoms with Crippen molar-refractivity contribution in [2.45, 2.75) is 6.42 Å². The van der Waals surface area contributed by atoms with Crippen LogP contribution in [0.1, 0.15) is 22.5 Å². The molecule has 4 heteroatoms. The normalized spacial score (nSPS) is 8.57. The van der Waals surface area contributed by atoms with Crippen molar-refractivity contribution < 1.29 is 14.7 Å². The van der Waals surface area contributed by atoms with Crippen LogP contribution in [0.5, 0.6) is 0 Å². The van der Waals surface area contributed by atoms with E-state index < -0.39 is 5.97 Å². The van der Waals surface area contributed by atoms with E-state index >= 15 is 0 Å². The van der Waals surface area contributed by atoms with Crippen LogP contribution >= 0.6 is 0 Å². The quantitative estimate of drug-likeness (QED) is 0.549. The summed E-state index contributed by atoms with van der Waals surface area (Å²) in [6, 6.07) is 2.92. The summed E-state index contributed by atoms with van der Waals surface area (Å²) < 4.78 is 0. The van der Waals surface area contributed by atoms with Crippen molar-refractivity contribution in [3.8, 4) is 11.8 Å². The zero-order valence-corrected chi connectivity index (χ0v) is 7.23. The topological polar surface area (TPSA) is 67.3 Å². The third kappa shape index (κ3) is 2.72. The molecule has 1 aromatic rings. The van der Waals surface area contributed by atoms with Crippen LogP contribution in [0.25, 0.3) is 0 Å². The maximum atomic E-state index is 10.5. The number of nitrogens with zero attached hydrogens (tertiary/aromatic N) is 1. The van der Waals surface area contributed by atoms with E-state index in [2.05, 4.69) is 16.8 Å². The van der Waals surface area contributed by atoms with Gasteiger partial charge in [0.05, 0.1) is 12.0 Å². The highest BCUT2D eigenvalue weighted by Gasteiger charge is 2.00. The number of carbonyl (C=O) groups excluding carboxylic acids is 1. The summed E-state index contributed by atoms with van der Waals surface area (Å²) >= 11 is 0. The molecule has 0 saturated carbocycles. The van der Waals surface area contributed by atoms with Crippen LogP contribution in [0.3, 0.4) is 0 Å². The average molecular weight is 189 g/mol. The minimum atomic E-state index is -1.02. The number of carbonyl (C=O) groups is 2. The van der Waals surface area contributed by atoms with Gasteiger partial charge in [-0.3, -0.25) is 0 Å². The van der Waals surface area contributed by atoms with Gasteiger partial charge in [0.25, 0.3) is 0 Å². The van der Waals surface area contributed by atoms with Crippen LogP contribution in [-0.4, -0.2) is 22.3 Å². The van der Waals surface area contributed by atoms with Crippen molar-refractivity contribution in [1.29, 1.82) is 0 Å². The van der Waals surface area contributed by atoms with Crippen molar-refractivity contribution in [2.75, 3.05) is 0 Å². The highest BCUT2D eigenvalue weighted by atomic mass is 16.4. The number of aromatic nitrogens is 1. The Morgan fingerprint density at radius 3 is 2.86 bits per heavy atom. The van der Waals surface area contributed by atoms with Crippen molar-refractivity contribution in [3.63, 3.8) is 0 Å². The first-order valence-corrected chi connectivity index (χ1v) is 3.86. The average Bonchev–Trinajstić information content (AvgIpc) is 2.19. The molecule has 1 N–H and O–H groups in total. The first-order valence-electron chi connectivity index (χ1n) is 3.86. The van der Waals surface area contributed by atoms with Crippen LogP contribution in [0.15, 0.2) is 18.3 Å². The Balaban J connectivity index is 2.80. The fourth-order valence-electron chi connectivity index (χ4n) is 0.778. The van der Waals surface area contributed by atoms with E-state index in [1.165, 1.54) is 18.3 Å². The molecule has 0 atom stereocenters. The van der Waals surface area contributed by atoms with E-state index in [0.29, 0.717) is 12.0 Å². The first-order chi connectivity index (χ1) is 6.74. The molecule has 1 aromatic heterocycles. The predicted molar refractivity (Wildman–Crippen MR) is 48.8 cm³/mol. The van der Waals surface area contributed by atoms with Gasteiger partial charge in [0.2, 0.25) is 0 Å². The predicted octanol–water partition coefficient (Wildman–Crippen LogP) is 0.720. The lowest BCUT2D eigenvalue weighted by atomic mass is 10.2. The zero-order chi connectivity index (χ0) is 10.4. The molecule has 0 saturated heterocycles. The second-order valence-corrected chi connectivity index (χ2v) is 2.41. The van der Waals surface area contributed by atoms with Crippen LogP contribution in [0.4, 0.5) is 0 Å². The standard InChI is InChI=1S/C10H7NO3/c12-6-2-1-3-9-5-4-8(7-11-9)10(13)14/h4-7H,2H2,(H,13,14). The SMILES string of the molecule is O=CCC#Cc1ccc(C(=O)O)cn1. The summed E-state index contributed by atoms with van der Waals surface area (Å²) in [5, 5.41) is 8.57. The van der Waals surface area contributed by atoms with E-state index in [-0.39, 0.29) is 12.0 Å². The van der Waals surface area contributed by atoms with E-state index in [1.807, 2.05) is 0 Å². The number of rotatable bonds is 2.